The highest BCUT2D eigenvalue weighted by molar-refractivity contribution is 9.10. The predicted octanol–water partition coefficient (Wildman–Crippen LogP) is 2.69. The molecule has 2 atom stereocenters. The van der Waals surface area contributed by atoms with Crippen molar-refractivity contribution in [3.8, 4) is 0 Å². The Bertz CT molecular complexity index is 396. The van der Waals surface area contributed by atoms with Crippen molar-refractivity contribution in [3.05, 3.63) is 34.3 Å². The van der Waals surface area contributed by atoms with Crippen molar-refractivity contribution in [2.45, 2.75) is 32.4 Å². The molecule has 1 aliphatic rings. The molecule has 1 fully saturated rings. The average molecular weight is 341 g/mol. The van der Waals surface area contributed by atoms with Crippen LogP contribution >= 0.6 is 15.9 Å². The van der Waals surface area contributed by atoms with Gasteiger partial charge in [0.15, 0.2) is 0 Å². The van der Waals surface area contributed by atoms with Gasteiger partial charge < -0.3 is 10.1 Å². The van der Waals surface area contributed by atoms with Gasteiger partial charge in [-0.05, 0) is 37.6 Å². The summed E-state index contributed by atoms with van der Waals surface area (Å²) in [4.78, 5) is 2.45. The van der Waals surface area contributed by atoms with Gasteiger partial charge in [-0.3, -0.25) is 4.90 Å². The van der Waals surface area contributed by atoms with E-state index < -0.39 is 0 Å². The number of hydrogen-bond acceptors (Lipinski definition) is 3. The molecule has 1 aromatic rings. The van der Waals surface area contributed by atoms with Crippen LogP contribution < -0.4 is 5.32 Å². The Labute approximate surface area is 130 Å². The minimum Gasteiger partial charge on any atom is -0.374 e. The summed E-state index contributed by atoms with van der Waals surface area (Å²) in [6.07, 6.45) is 1.38. The van der Waals surface area contributed by atoms with Crippen LogP contribution in [0.2, 0.25) is 0 Å². The first-order valence-corrected chi connectivity index (χ1v) is 8.28. The number of morpholine rings is 1. The number of likely N-dealkylation sites (N-methyl/N-ethyl adjacent to an activating group) is 1. The zero-order valence-electron chi connectivity index (χ0n) is 12.4. The second-order valence-corrected chi connectivity index (χ2v) is 6.44. The highest BCUT2D eigenvalue weighted by Crippen LogP contribution is 2.12. The molecule has 1 heterocycles. The van der Waals surface area contributed by atoms with E-state index in [0.29, 0.717) is 12.1 Å². The van der Waals surface area contributed by atoms with Gasteiger partial charge in [-0.1, -0.05) is 35.0 Å². The molecule has 1 aromatic carbocycles. The molecular weight excluding hydrogens is 316 g/mol. The Hall–Kier alpha value is -0.420. The van der Waals surface area contributed by atoms with Gasteiger partial charge in [-0.25, -0.2) is 0 Å². The fourth-order valence-electron chi connectivity index (χ4n) is 2.57. The van der Waals surface area contributed by atoms with Gasteiger partial charge in [0.25, 0.3) is 0 Å². The van der Waals surface area contributed by atoms with Gasteiger partial charge in [0.2, 0.25) is 0 Å². The van der Waals surface area contributed by atoms with E-state index >= 15 is 0 Å². The summed E-state index contributed by atoms with van der Waals surface area (Å²) >= 11 is 3.47. The van der Waals surface area contributed by atoms with Crippen molar-refractivity contribution in [2.24, 2.45) is 0 Å². The number of ether oxygens (including phenoxy) is 1. The minimum atomic E-state index is 0.330. The summed E-state index contributed by atoms with van der Waals surface area (Å²) in [6.45, 7) is 9.49. The van der Waals surface area contributed by atoms with Crippen LogP contribution in [0.1, 0.15) is 19.4 Å². The number of nitrogens with zero attached hydrogens (tertiary/aromatic N) is 1. The van der Waals surface area contributed by atoms with Crippen LogP contribution in [0.5, 0.6) is 0 Å². The molecule has 0 aromatic heterocycles. The smallest absolute Gasteiger partial charge is 0.0826 e. The van der Waals surface area contributed by atoms with E-state index in [1.54, 1.807) is 0 Å². The summed E-state index contributed by atoms with van der Waals surface area (Å²) < 4.78 is 6.95. The SMILES string of the molecule is CCN1CCOC(CNC(C)Cc2ccc(Br)cc2)C1. The van der Waals surface area contributed by atoms with E-state index in [4.69, 9.17) is 4.74 Å². The quantitative estimate of drug-likeness (QED) is 0.861. The van der Waals surface area contributed by atoms with Gasteiger partial charge in [0.1, 0.15) is 0 Å². The lowest BCUT2D eigenvalue weighted by Gasteiger charge is -2.32. The molecule has 1 saturated heterocycles. The zero-order chi connectivity index (χ0) is 14.4. The van der Waals surface area contributed by atoms with E-state index in [9.17, 15) is 0 Å². The third-order valence-electron chi connectivity index (χ3n) is 3.82. The lowest BCUT2D eigenvalue weighted by atomic mass is 10.1. The third-order valence-corrected chi connectivity index (χ3v) is 4.35. The van der Waals surface area contributed by atoms with Crippen molar-refractivity contribution in [1.29, 1.82) is 0 Å². The van der Waals surface area contributed by atoms with Crippen molar-refractivity contribution < 1.29 is 4.74 Å². The molecule has 3 nitrogen and oxygen atoms in total. The fourth-order valence-corrected chi connectivity index (χ4v) is 2.83. The summed E-state index contributed by atoms with van der Waals surface area (Å²) in [7, 11) is 0. The van der Waals surface area contributed by atoms with Crippen LogP contribution in [0.25, 0.3) is 0 Å². The van der Waals surface area contributed by atoms with E-state index in [2.05, 4.69) is 64.3 Å². The molecule has 0 radical (unpaired) electrons. The van der Waals surface area contributed by atoms with Crippen LogP contribution in [-0.4, -0.2) is 49.8 Å². The van der Waals surface area contributed by atoms with Crippen molar-refractivity contribution >= 4 is 15.9 Å². The first-order chi connectivity index (χ1) is 9.67. The maximum Gasteiger partial charge on any atom is 0.0826 e. The topological polar surface area (TPSA) is 24.5 Å². The molecule has 0 bridgehead atoms. The minimum absolute atomic E-state index is 0.330. The number of rotatable bonds is 6. The van der Waals surface area contributed by atoms with Gasteiger partial charge in [0.05, 0.1) is 12.7 Å². The maximum absolute atomic E-state index is 5.82. The van der Waals surface area contributed by atoms with Crippen molar-refractivity contribution in [2.75, 3.05) is 32.8 Å². The Morgan fingerprint density at radius 1 is 1.40 bits per heavy atom. The number of benzene rings is 1. The molecule has 0 saturated carbocycles. The average Bonchev–Trinajstić information content (AvgIpc) is 2.48. The van der Waals surface area contributed by atoms with Gasteiger partial charge in [0, 0.05) is 30.1 Å². The van der Waals surface area contributed by atoms with E-state index in [0.717, 1.165) is 43.7 Å². The second-order valence-electron chi connectivity index (χ2n) is 5.53. The van der Waals surface area contributed by atoms with Gasteiger partial charge >= 0.3 is 0 Å². The van der Waals surface area contributed by atoms with E-state index in [1.165, 1.54) is 5.56 Å². The summed E-state index contributed by atoms with van der Waals surface area (Å²) in [6, 6.07) is 9.03. The van der Waals surface area contributed by atoms with E-state index in [-0.39, 0.29) is 0 Å². The second kappa shape index (κ2) is 8.13. The normalized spacial score (nSPS) is 21.9. The first kappa shape index (κ1) is 16.0. The standard InChI is InChI=1S/C16H25BrN2O/c1-3-19-8-9-20-16(12-19)11-18-13(2)10-14-4-6-15(17)7-5-14/h4-7,13,16,18H,3,8-12H2,1-2H3. The molecule has 4 heteroatoms. The number of nitrogens with one attached hydrogen (secondary N) is 1. The summed E-state index contributed by atoms with van der Waals surface area (Å²) in [5.41, 5.74) is 1.37. The molecule has 1 aliphatic heterocycles. The zero-order valence-corrected chi connectivity index (χ0v) is 14.0. The van der Waals surface area contributed by atoms with Crippen LogP contribution in [-0.2, 0) is 11.2 Å². The third kappa shape index (κ3) is 5.17. The van der Waals surface area contributed by atoms with Crippen LogP contribution in [0.3, 0.4) is 0 Å². The Morgan fingerprint density at radius 3 is 2.85 bits per heavy atom. The first-order valence-electron chi connectivity index (χ1n) is 7.49. The Kier molecular flexibility index (Phi) is 6.49. The summed E-state index contributed by atoms with van der Waals surface area (Å²) in [5.74, 6) is 0. The van der Waals surface area contributed by atoms with Crippen LogP contribution in [0, 0.1) is 0 Å². The maximum atomic E-state index is 5.82. The van der Waals surface area contributed by atoms with Crippen molar-refractivity contribution in [3.63, 3.8) is 0 Å². The lowest BCUT2D eigenvalue weighted by Crippen LogP contribution is -2.47. The molecule has 2 unspecified atom stereocenters. The molecule has 20 heavy (non-hydrogen) atoms. The van der Waals surface area contributed by atoms with Crippen LogP contribution in [0.15, 0.2) is 28.7 Å². The highest BCUT2D eigenvalue weighted by Gasteiger charge is 2.19. The van der Waals surface area contributed by atoms with Gasteiger partial charge in [-0.15, -0.1) is 0 Å². The molecule has 1 N–H and O–H groups in total. The van der Waals surface area contributed by atoms with E-state index in [1.807, 2.05) is 0 Å². The van der Waals surface area contributed by atoms with Crippen LogP contribution in [0.4, 0.5) is 0 Å². The number of hydrogen-bond donors (Lipinski definition) is 1. The molecule has 112 valence electrons. The molecule has 0 amide bonds. The molecule has 2 rings (SSSR count). The molecule has 0 aliphatic carbocycles. The molecular formula is C16H25BrN2O. The summed E-state index contributed by atoms with van der Waals surface area (Å²) in [5, 5.41) is 3.60. The monoisotopic (exact) mass is 340 g/mol. The Balaban J connectivity index is 1.71. The molecule has 0 spiro atoms. The highest BCUT2D eigenvalue weighted by atomic mass is 79.9. The van der Waals surface area contributed by atoms with Crippen molar-refractivity contribution in [1.82, 2.24) is 10.2 Å². The fraction of sp³-hybridized carbons (Fsp3) is 0.625. The lowest BCUT2D eigenvalue weighted by molar-refractivity contribution is -0.0261. The largest absolute Gasteiger partial charge is 0.374 e. The van der Waals surface area contributed by atoms with Gasteiger partial charge in [-0.2, -0.15) is 0 Å². The predicted molar refractivity (Wildman–Crippen MR) is 87.2 cm³/mol. The Morgan fingerprint density at radius 2 is 2.15 bits per heavy atom. The number of halogens is 1.